The Morgan fingerprint density at radius 3 is 2.96 bits per heavy atom. The lowest BCUT2D eigenvalue weighted by atomic mass is 9.97. The van der Waals surface area contributed by atoms with Gasteiger partial charge in [0.05, 0.1) is 12.5 Å². The van der Waals surface area contributed by atoms with E-state index in [2.05, 4.69) is 20.4 Å². The third-order valence-corrected chi connectivity index (χ3v) is 4.52. The van der Waals surface area contributed by atoms with E-state index in [4.69, 9.17) is 4.52 Å². The lowest BCUT2D eigenvalue weighted by Crippen LogP contribution is -2.44. The molecule has 1 atom stereocenters. The number of piperidine rings is 1. The topological polar surface area (TPSA) is 71.3 Å². The van der Waals surface area contributed by atoms with Gasteiger partial charge in [-0.15, -0.1) is 0 Å². The van der Waals surface area contributed by atoms with Gasteiger partial charge in [-0.05, 0) is 45.7 Å². The molecule has 1 aliphatic heterocycles. The summed E-state index contributed by atoms with van der Waals surface area (Å²) in [6, 6.07) is 8.18. The van der Waals surface area contributed by atoms with E-state index in [0.717, 1.165) is 37.1 Å². The van der Waals surface area contributed by atoms with Gasteiger partial charge >= 0.3 is 0 Å². The van der Waals surface area contributed by atoms with Crippen molar-refractivity contribution in [2.45, 2.75) is 46.2 Å². The van der Waals surface area contributed by atoms with Gasteiger partial charge in [-0.1, -0.05) is 29.4 Å². The van der Waals surface area contributed by atoms with Crippen molar-refractivity contribution in [3.63, 3.8) is 0 Å². The summed E-state index contributed by atoms with van der Waals surface area (Å²) in [5, 5.41) is 7.13. The summed E-state index contributed by atoms with van der Waals surface area (Å²) < 4.78 is 5.43. The molecule has 25 heavy (non-hydrogen) atoms. The maximum atomic E-state index is 12.2. The largest absolute Gasteiger partial charge is 0.354 e. The summed E-state index contributed by atoms with van der Waals surface area (Å²) in [4.78, 5) is 19.0. The molecule has 1 aromatic carbocycles. The number of amides is 1. The number of hydrogen-bond acceptors (Lipinski definition) is 5. The van der Waals surface area contributed by atoms with Crippen LogP contribution in [0, 0.1) is 12.8 Å². The van der Waals surface area contributed by atoms with Crippen LogP contribution in [0.5, 0.6) is 0 Å². The number of benzene rings is 1. The highest BCUT2D eigenvalue weighted by atomic mass is 16.5. The Morgan fingerprint density at radius 1 is 1.40 bits per heavy atom. The summed E-state index contributed by atoms with van der Waals surface area (Å²) in [6.45, 7) is 8.29. The first-order chi connectivity index (χ1) is 12.0. The van der Waals surface area contributed by atoms with Crippen molar-refractivity contribution in [1.29, 1.82) is 0 Å². The Hall–Kier alpha value is -2.21. The first-order valence-electron chi connectivity index (χ1n) is 8.94. The number of carbonyl (C=O) groups is 1. The average Bonchev–Trinajstić information content (AvgIpc) is 3.03. The van der Waals surface area contributed by atoms with E-state index in [-0.39, 0.29) is 17.9 Å². The van der Waals surface area contributed by atoms with E-state index in [0.29, 0.717) is 18.3 Å². The molecule has 1 amide bonds. The Kier molecular flexibility index (Phi) is 5.48. The Bertz CT molecular complexity index is 726. The highest BCUT2D eigenvalue weighted by Gasteiger charge is 2.27. The second kappa shape index (κ2) is 7.78. The molecule has 1 unspecified atom stereocenters. The normalized spacial score (nSPS) is 18.5. The van der Waals surface area contributed by atoms with Crippen LogP contribution in [0.25, 0.3) is 11.4 Å². The number of hydrogen-bond donors (Lipinski definition) is 1. The van der Waals surface area contributed by atoms with Crippen molar-refractivity contribution in [2.24, 2.45) is 5.92 Å². The second-order valence-electron chi connectivity index (χ2n) is 7.06. The smallest absolute Gasteiger partial charge is 0.241 e. The molecule has 6 heteroatoms. The monoisotopic (exact) mass is 342 g/mol. The van der Waals surface area contributed by atoms with E-state index in [1.165, 1.54) is 0 Å². The van der Waals surface area contributed by atoms with Crippen molar-refractivity contribution in [3.8, 4) is 11.4 Å². The molecule has 1 aromatic heterocycles. The predicted octanol–water partition coefficient (Wildman–Crippen LogP) is 2.78. The molecule has 0 radical (unpaired) electrons. The van der Waals surface area contributed by atoms with Gasteiger partial charge in [0.25, 0.3) is 0 Å². The Balaban J connectivity index is 1.63. The fraction of sp³-hybridized carbons (Fsp3) is 0.526. The SMILES string of the molecule is Cc1ccccc1-c1noc(CN2CCCC(C(=O)NC(C)C)C2)n1. The average molecular weight is 342 g/mol. The molecule has 1 fully saturated rings. The molecule has 0 bridgehead atoms. The summed E-state index contributed by atoms with van der Waals surface area (Å²) >= 11 is 0. The zero-order valence-electron chi connectivity index (χ0n) is 15.2. The lowest BCUT2D eigenvalue weighted by Gasteiger charge is -2.31. The second-order valence-corrected chi connectivity index (χ2v) is 7.06. The van der Waals surface area contributed by atoms with Gasteiger partial charge in [-0.2, -0.15) is 4.98 Å². The summed E-state index contributed by atoms with van der Waals surface area (Å²) in [5.74, 6) is 1.41. The minimum Gasteiger partial charge on any atom is -0.354 e. The molecule has 0 aliphatic carbocycles. The number of nitrogens with zero attached hydrogens (tertiary/aromatic N) is 3. The van der Waals surface area contributed by atoms with Crippen molar-refractivity contribution in [3.05, 3.63) is 35.7 Å². The third kappa shape index (κ3) is 4.45. The number of rotatable bonds is 5. The zero-order valence-corrected chi connectivity index (χ0v) is 15.2. The molecule has 3 rings (SSSR count). The fourth-order valence-corrected chi connectivity index (χ4v) is 3.26. The Morgan fingerprint density at radius 2 is 2.20 bits per heavy atom. The van der Waals surface area contributed by atoms with Crippen LogP contribution in [-0.2, 0) is 11.3 Å². The summed E-state index contributed by atoms with van der Waals surface area (Å²) in [6.07, 6.45) is 1.95. The van der Waals surface area contributed by atoms with Gasteiger partial charge in [-0.25, -0.2) is 0 Å². The van der Waals surface area contributed by atoms with Crippen LogP contribution in [0.3, 0.4) is 0 Å². The molecular weight excluding hydrogens is 316 g/mol. The minimum absolute atomic E-state index is 0.0370. The molecule has 1 saturated heterocycles. The van der Waals surface area contributed by atoms with Gasteiger partial charge in [-0.3, -0.25) is 9.69 Å². The number of aryl methyl sites for hydroxylation is 1. The van der Waals surface area contributed by atoms with E-state index in [1.807, 2.05) is 45.0 Å². The molecule has 2 heterocycles. The minimum atomic E-state index is 0.0370. The molecule has 2 aromatic rings. The van der Waals surface area contributed by atoms with Gasteiger partial charge < -0.3 is 9.84 Å². The highest BCUT2D eigenvalue weighted by molar-refractivity contribution is 5.79. The standard InChI is InChI=1S/C19H26N4O2/c1-13(2)20-19(24)15-8-6-10-23(11-15)12-17-21-18(22-25-17)16-9-5-4-7-14(16)3/h4-5,7,9,13,15H,6,8,10-12H2,1-3H3,(H,20,24). The number of aromatic nitrogens is 2. The van der Waals surface area contributed by atoms with E-state index in [1.54, 1.807) is 0 Å². The highest BCUT2D eigenvalue weighted by Crippen LogP contribution is 2.22. The predicted molar refractivity (Wildman–Crippen MR) is 95.8 cm³/mol. The van der Waals surface area contributed by atoms with Gasteiger partial charge in [0.2, 0.25) is 17.6 Å². The van der Waals surface area contributed by atoms with E-state index < -0.39 is 0 Å². The molecule has 0 saturated carbocycles. The van der Waals surface area contributed by atoms with Gasteiger partial charge in [0.15, 0.2) is 0 Å². The zero-order chi connectivity index (χ0) is 17.8. The number of likely N-dealkylation sites (tertiary alicyclic amines) is 1. The quantitative estimate of drug-likeness (QED) is 0.905. The van der Waals surface area contributed by atoms with Crippen LogP contribution in [0.15, 0.2) is 28.8 Å². The molecule has 1 aliphatic rings. The molecule has 1 N–H and O–H groups in total. The number of carbonyl (C=O) groups excluding carboxylic acids is 1. The molecule has 134 valence electrons. The van der Waals surface area contributed by atoms with Crippen LogP contribution in [0.1, 0.15) is 38.1 Å². The lowest BCUT2D eigenvalue weighted by molar-refractivity contribution is -0.127. The molecular formula is C19H26N4O2. The summed E-state index contributed by atoms with van der Waals surface area (Å²) in [7, 11) is 0. The van der Waals surface area contributed by atoms with Crippen LogP contribution < -0.4 is 5.32 Å². The van der Waals surface area contributed by atoms with Gasteiger partial charge in [0.1, 0.15) is 0 Å². The van der Waals surface area contributed by atoms with Crippen LogP contribution in [0.4, 0.5) is 0 Å². The Labute approximate surface area is 148 Å². The van der Waals surface area contributed by atoms with Gasteiger partial charge in [0, 0.05) is 18.2 Å². The summed E-state index contributed by atoms with van der Waals surface area (Å²) in [5.41, 5.74) is 2.11. The first kappa shape index (κ1) is 17.6. The van der Waals surface area contributed by atoms with Crippen molar-refractivity contribution in [1.82, 2.24) is 20.4 Å². The van der Waals surface area contributed by atoms with Crippen LogP contribution >= 0.6 is 0 Å². The van der Waals surface area contributed by atoms with Crippen molar-refractivity contribution < 1.29 is 9.32 Å². The first-order valence-corrected chi connectivity index (χ1v) is 8.94. The molecule has 6 nitrogen and oxygen atoms in total. The van der Waals surface area contributed by atoms with Crippen molar-refractivity contribution >= 4 is 5.91 Å². The maximum absolute atomic E-state index is 12.2. The fourth-order valence-electron chi connectivity index (χ4n) is 3.26. The maximum Gasteiger partial charge on any atom is 0.241 e. The van der Waals surface area contributed by atoms with Crippen LogP contribution in [-0.4, -0.2) is 40.1 Å². The van der Waals surface area contributed by atoms with Crippen LogP contribution in [0.2, 0.25) is 0 Å². The number of nitrogens with one attached hydrogen (secondary N) is 1. The third-order valence-electron chi connectivity index (χ3n) is 4.52. The van der Waals surface area contributed by atoms with E-state index >= 15 is 0 Å². The molecule has 0 spiro atoms. The van der Waals surface area contributed by atoms with E-state index in [9.17, 15) is 4.79 Å². The van der Waals surface area contributed by atoms with Crippen molar-refractivity contribution in [2.75, 3.05) is 13.1 Å².